The standard InChI is InChI=1S/C18H25N5/c1-3-13(4-1)12-22-9-7-14(8-10-22)18-20-19-17-11-15-5-2-6-16(15)21-23(17)18/h11,13-14H,1-10,12H2. The first-order valence-corrected chi connectivity index (χ1v) is 9.33. The summed E-state index contributed by atoms with van der Waals surface area (Å²) in [5.74, 6) is 2.59. The maximum atomic E-state index is 4.86. The van der Waals surface area contributed by atoms with Gasteiger partial charge in [0, 0.05) is 12.5 Å². The second-order valence-corrected chi connectivity index (χ2v) is 7.67. The Morgan fingerprint density at radius 1 is 1.00 bits per heavy atom. The molecule has 0 atom stereocenters. The smallest absolute Gasteiger partial charge is 0.178 e. The lowest BCUT2D eigenvalue weighted by Crippen LogP contribution is -2.38. The van der Waals surface area contributed by atoms with Crippen molar-refractivity contribution in [1.29, 1.82) is 0 Å². The molecule has 2 fully saturated rings. The van der Waals surface area contributed by atoms with Crippen LogP contribution in [0.5, 0.6) is 0 Å². The zero-order valence-corrected chi connectivity index (χ0v) is 13.7. The fraction of sp³-hybridized carbons (Fsp3) is 0.722. The molecule has 5 nitrogen and oxygen atoms in total. The molecule has 5 heteroatoms. The molecule has 0 bridgehead atoms. The van der Waals surface area contributed by atoms with Crippen LogP contribution in [0.2, 0.25) is 0 Å². The number of aromatic nitrogens is 4. The third-order valence-electron chi connectivity index (χ3n) is 6.14. The van der Waals surface area contributed by atoms with Gasteiger partial charge in [0.05, 0.1) is 5.69 Å². The van der Waals surface area contributed by atoms with Crippen LogP contribution >= 0.6 is 0 Å². The van der Waals surface area contributed by atoms with Crippen molar-refractivity contribution < 1.29 is 0 Å². The highest BCUT2D eigenvalue weighted by Crippen LogP contribution is 2.31. The predicted molar refractivity (Wildman–Crippen MR) is 88.6 cm³/mol. The van der Waals surface area contributed by atoms with E-state index in [0.717, 1.165) is 30.2 Å². The molecule has 0 aromatic carbocycles. The number of aryl methyl sites for hydroxylation is 2. The van der Waals surface area contributed by atoms with Crippen molar-refractivity contribution in [3.05, 3.63) is 23.1 Å². The van der Waals surface area contributed by atoms with Crippen LogP contribution in [0.25, 0.3) is 5.65 Å². The Morgan fingerprint density at radius 3 is 2.65 bits per heavy atom. The lowest BCUT2D eigenvalue weighted by atomic mass is 9.84. The van der Waals surface area contributed by atoms with Gasteiger partial charge in [-0.3, -0.25) is 0 Å². The first kappa shape index (κ1) is 13.9. The van der Waals surface area contributed by atoms with E-state index in [9.17, 15) is 0 Å². The van der Waals surface area contributed by atoms with Crippen molar-refractivity contribution in [2.75, 3.05) is 19.6 Å². The molecule has 2 aliphatic carbocycles. The predicted octanol–water partition coefficient (Wildman–Crippen LogP) is 2.59. The van der Waals surface area contributed by atoms with Crippen LogP contribution < -0.4 is 0 Å². The summed E-state index contributed by atoms with van der Waals surface area (Å²) in [5, 5.41) is 13.8. The second-order valence-electron chi connectivity index (χ2n) is 7.67. The number of likely N-dealkylation sites (tertiary alicyclic amines) is 1. The van der Waals surface area contributed by atoms with E-state index in [-0.39, 0.29) is 0 Å². The summed E-state index contributed by atoms with van der Waals surface area (Å²) in [6, 6.07) is 2.21. The highest BCUT2D eigenvalue weighted by atomic mass is 15.4. The quantitative estimate of drug-likeness (QED) is 0.874. The monoisotopic (exact) mass is 311 g/mol. The highest BCUT2D eigenvalue weighted by molar-refractivity contribution is 5.43. The van der Waals surface area contributed by atoms with Crippen LogP contribution in [0, 0.1) is 5.92 Å². The van der Waals surface area contributed by atoms with Crippen molar-refractivity contribution in [2.45, 2.75) is 57.3 Å². The van der Waals surface area contributed by atoms with Gasteiger partial charge in [-0.25, -0.2) is 0 Å². The third kappa shape index (κ3) is 2.45. The van der Waals surface area contributed by atoms with Crippen LogP contribution in [0.3, 0.4) is 0 Å². The molecule has 0 unspecified atom stereocenters. The van der Waals surface area contributed by atoms with E-state index in [4.69, 9.17) is 5.10 Å². The van der Waals surface area contributed by atoms with Gasteiger partial charge in [-0.05, 0) is 75.6 Å². The molecule has 5 rings (SSSR count). The average Bonchev–Trinajstić information content (AvgIpc) is 3.15. The fourth-order valence-corrected chi connectivity index (χ4v) is 4.46. The number of rotatable bonds is 3. The summed E-state index contributed by atoms with van der Waals surface area (Å²) in [7, 11) is 0. The zero-order chi connectivity index (χ0) is 15.2. The maximum absolute atomic E-state index is 4.86. The first-order valence-electron chi connectivity index (χ1n) is 9.33. The normalized spacial score (nSPS) is 23.3. The Morgan fingerprint density at radius 2 is 1.87 bits per heavy atom. The molecule has 122 valence electrons. The molecule has 3 heterocycles. The topological polar surface area (TPSA) is 46.3 Å². The second kappa shape index (κ2) is 5.55. The summed E-state index contributed by atoms with van der Waals surface area (Å²) >= 11 is 0. The summed E-state index contributed by atoms with van der Waals surface area (Å²) in [5.41, 5.74) is 3.59. The van der Waals surface area contributed by atoms with Gasteiger partial charge < -0.3 is 4.90 Å². The fourth-order valence-electron chi connectivity index (χ4n) is 4.46. The largest absolute Gasteiger partial charge is 0.303 e. The maximum Gasteiger partial charge on any atom is 0.178 e. The molecule has 0 spiro atoms. The van der Waals surface area contributed by atoms with E-state index in [1.165, 1.54) is 69.4 Å². The summed E-state index contributed by atoms with van der Waals surface area (Å²) in [6.07, 6.45) is 10.2. The van der Waals surface area contributed by atoms with Crippen molar-refractivity contribution in [3.63, 3.8) is 0 Å². The van der Waals surface area contributed by atoms with Crippen LogP contribution in [0.15, 0.2) is 6.07 Å². The lowest BCUT2D eigenvalue weighted by molar-refractivity contribution is 0.145. The van der Waals surface area contributed by atoms with Crippen molar-refractivity contribution in [3.8, 4) is 0 Å². The number of hydrogen-bond acceptors (Lipinski definition) is 4. The molecule has 3 aliphatic rings. The average molecular weight is 311 g/mol. The molecule has 0 N–H and O–H groups in total. The summed E-state index contributed by atoms with van der Waals surface area (Å²) in [4.78, 5) is 2.66. The molecule has 2 aromatic rings. The van der Waals surface area contributed by atoms with Crippen LogP contribution in [-0.2, 0) is 12.8 Å². The van der Waals surface area contributed by atoms with Crippen LogP contribution in [-0.4, -0.2) is 44.3 Å². The van der Waals surface area contributed by atoms with E-state index in [1.807, 2.05) is 4.52 Å². The summed E-state index contributed by atoms with van der Waals surface area (Å²) in [6.45, 7) is 3.74. The van der Waals surface area contributed by atoms with Gasteiger partial charge in [0.25, 0.3) is 0 Å². The minimum atomic E-state index is 0.523. The van der Waals surface area contributed by atoms with E-state index < -0.39 is 0 Å². The van der Waals surface area contributed by atoms with Gasteiger partial charge >= 0.3 is 0 Å². The van der Waals surface area contributed by atoms with Gasteiger partial charge in [0.1, 0.15) is 0 Å². The van der Waals surface area contributed by atoms with Gasteiger partial charge in [0.2, 0.25) is 0 Å². The third-order valence-corrected chi connectivity index (χ3v) is 6.14. The SMILES string of the molecule is c1c2c(nn3c(C4CCN(CC5CCC5)CC4)nnc13)CCC2. The van der Waals surface area contributed by atoms with Gasteiger partial charge in [-0.1, -0.05) is 6.42 Å². The molecule has 2 aromatic heterocycles. The number of fused-ring (bicyclic) bond motifs is 2. The molecule has 1 saturated heterocycles. The molecule has 23 heavy (non-hydrogen) atoms. The van der Waals surface area contributed by atoms with Gasteiger partial charge in [-0.15, -0.1) is 10.2 Å². The molecular weight excluding hydrogens is 286 g/mol. The Labute approximate surface area is 137 Å². The Kier molecular flexibility index (Phi) is 3.35. The van der Waals surface area contributed by atoms with Crippen molar-refractivity contribution in [1.82, 2.24) is 24.7 Å². The Hall–Kier alpha value is -1.49. The molecule has 0 radical (unpaired) electrons. The van der Waals surface area contributed by atoms with Crippen molar-refractivity contribution in [2.24, 2.45) is 5.92 Å². The minimum Gasteiger partial charge on any atom is -0.303 e. The number of hydrogen-bond donors (Lipinski definition) is 0. The van der Waals surface area contributed by atoms with Crippen molar-refractivity contribution >= 4 is 5.65 Å². The lowest BCUT2D eigenvalue weighted by Gasteiger charge is -2.36. The molecular formula is C18H25N5. The minimum absolute atomic E-state index is 0.523. The summed E-state index contributed by atoms with van der Waals surface area (Å²) < 4.78 is 2.04. The molecule has 1 saturated carbocycles. The highest BCUT2D eigenvalue weighted by Gasteiger charge is 2.28. The van der Waals surface area contributed by atoms with E-state index >= 15 is 0 Å². The number of nitrogens with zero attached hydrogens (tertiary/aromatic N) is 5. The number of piperidine rings is 1. The van der Waals surface area contributed by atoms with Crippen LogP contribution in [0.4, 0.5) is 0 Å². The van der Waals surface area contributed by atoms with Crippen LogP contribution in [0.1, 0.15) is 61.5 Å². The Bertz CT molecular complexity index is 710. The van der Waals surface area contributed by atoms with E-state index in [0.29, 0.717) is 5.92 Å². The van der Waals surface area contributed by atoms with E-state index in [1.54, 1.807) is 0 Å². The molecule has 1 aliphatic heterocycles. The Balaban J connectivity index is 1.33. The van der Waals surface area contributed by atoms with Gasteiger partial charge in [-0.2, -0.15) is 9.61 Å². The zero-order valence-electron chi connectivity index (χ0n) is 13.7. The van der Waals surface area contributed by atoms with Gasteiger partial charge in [0.15, 0.2) is 11.5 Å². The van der Waals surface area contributed by atoms with E-state index in [2.05, 4.69) is 21.2 Å². The molecule has 0 amide bonds. The first-order chi connectivity index (χ1) is 11.4.